The van der Waals surface area contributed by atoms with Gasteiger partial charge in [0.1, 0.15) is 0 Å². The first-order valence-corrected chi connectivity index (χ1v) is 7.49. The van der Waals surface area contributed by atoms with E-state index in [0.717, 1.165) is 5.92 Å². The van der Waals surface area contributed by atoms with Crippen LogP contribution in [-0.4, -0.2) is 72.1 Å². The van der Waals surface area contributed by atoms with Gasteiger partial charge in [-0.15, -0.1) is 0 Å². The van der Waals surface area contributed by atoms with Gasteiger partial charge in [-0.2, -0.15) is 0 Å². The van der Waals surface area contributed by atoms with Crippen LogP contribution in [0.5, 0.6) is 0 Å². The minimum atomic E-state index is 0.932. The molecule has 3 nitrogen and oxygen atoms in total. The zero-order valence-electron chi connectivity index (χ0n) is 9.66. The Kier molecular flexibility index (Phi) is 4.67. The maximum atomic E-state index is 2.66. The molecule has 2 fully saturated rings. The van der Waals surface area contributed by atoms with Crippen LogP contribution in [0.3, 0.4) is 0 Å². The highest BCUT2D eigenvalue weighted by Gasteiger charge is 2.23. The molecule has 1 unspecified atom stereocenters. The lowest BCUT2D eigenvalue weighted by Crippen LogP contribution is -2.47. The standard InChI is InChI=1S/C11H22IN3/c1-13-3-2-11(8-13)9-14-4-6-15(10-12)7-5-14/h11H,2-10H2,1H3. The molecule has 2 rings (SSSR count). The number of nitrogens with zero attached hydrogens (tertiary/aromatic N) is 3. The van der Waals surface area contributed by atoms with Crippen LogP contribution >= 0.6 is 22.6 Å². The fraction of sp³-hybridized carbons (Fsp3) is 1.00. The monoisotopic (exact) mass is 323 g/mol. The van der Waals surface area contributed by atoms with Crippen LogP contribution in [0.25, 0.3) is 0 Å². The summed E-state index contributed by atoms with van der Waals surface area (Å²) in [4.78, 5) is 7.66. The van der Waals surface area contributed by atoms with Crippen LogP contribution in [0.15, 0.2) is 0 Å². The smallest absolute Gasteiger partial charge is 0.0506 e. The van der Waals surface area contributed by atoms with Crippen molar-refractivity contribution < 1.29 is 0 Å². The average molecular weight is 323 g/mol. The molecule has 0 bridgehead atoms. The number of halogens is 1. The zero-order chi connectivity index (χ0) is 10.7. The normalized spacial score (nSPS) is 31.2. The van der Waals surface area contributed by atoms with Gasteiger partial charge >= 0.3 is 0 Å². The zero-order valence-corrected chi connectivity index (χ0v) is 11.8. The second kappa shape index (κ2) is 5.80. The molecule has 0 aromatic rings. The highest BCUT2D eigenvalue weighted by Crippen LogP contribution is 2.16. The molecular weight excluding hydrogens is 301 g/mol. The van der Waals surface area contributed by atoms with Gasteiger partial charge in [0.05, 0.1) is 4.55 Å². The second-order valence-corrected chi connectivity index (χ2v) is 5.64. The van der Waals surface area contributed by atoms with E-state index >= 15 is 0 Å². The summed E-state index contributed by atoms with van der Waals surface area (Å²) in [5.74, 6) is 0.932. The molecule has 0 aromatic carbocycles. The van der Waals surface area contributed by atoms with Crippen LogP contribution in [0, 0.1) is 5.92 Å². The van der Waals surface area contributed by atoms with Gasteiger partial charge in [0.25, 0.3) is 0 Å². The molecule has 88 valence electrons. The van der Waals surface area contributed by atoms with Crippen molar-refractivity contribution in [2.24, 2.45) is 5.92 Å². The van der Waals surface area contributed by atoms with E-state index in [9.17, 15) is 0 Å². The molecule has 15 heavy (non-hydrogen) atoms. The third-order valence-corrected chi connectivity index (χ3v) is 4.60. The largest absolute Gasteiger partial charge is 0.306 e. The topological polar surface area (TPSA) is 9.72 Å². The maximum Gasteiger partial charge on any atom is 0.0506 e. The number of rotatable bonds is 3. The molecule has 2 heterocycles. The van der Waals surface area contributed by atoms with Crippen molar-refractivity contribution in [1.82, 2.24) is 14.7 Å². The van der Waals surface area contributed by atoms with Gasteiger partial charge in [-0.3, -0.25) is 4.90 Å². The van der Waals surface area contributed by atoms with Gasteiger partial charge < -0.3 is 9.80 Å². The predicted molar refractivity (Wildman–Crippen MR) is 72.5 cm³/mol. The summed E-state index contributed by atoms with van der Waals surface area (Å²) >= 11 is 2.47. The van der Waals surface area contributed by atoms with Crippen molar-refractivity contribution in [3.8, 4) is 0 Å². The quantitative estimate of drug-likeness (QED) is 0.435. The van der Waals surface area contributed by atoms with Crippen molar-refractivity contribution in [2.45, 2.75) is 6.42 Å². The van der Waals surface area contributed by atoms with Crippen LogP contribution in [0.4, 0.5) is 0 Å². The summed E-state index contributed by atoms with van der Waals surface area (Å²) < 4.78 is 1.19. The lowest BCUT2D eigenvalue weighted by molar-refractivity contribution is 0.135. The molecule has 2 aliphatic heterocycles. The van der Waals surface area contributed by atoms with Crippen molar-refractivity contribution in [1.29, 1.82) is 0 Å². The molecule has 1 atom stereocenters. The molecule has 0 N–H and O–H groups in total. The first kappa shape index (κ1) is 12.1. The summed E-state index contributed by atoms with van der Waals surface area (Å²) in [6.07, 6.45) is 1.41. The summed E-state index contributed by atoms with van der Waals surface area (Å²) in [6.45, 7) is 9.05. The maximum absolute atomic E-state index is 2.66. The van der Waals surface area contributed by atoms with Gasteiger partial charge in [0.2, 0.25) is 0 Å². The minimum absolute atomic E-state index is 0.932. The lowest BCUT2D eigenvalue weighted by Gasteiger charge is -2.34. The minimum Gasteiger partial charge on any atom is -0.306 e. The Morgan fingerprint density at radius 1 is 1.07 bits per heavy atom. The Labute approximate surface area is 107 Å². The van der Waals surface area contributed by atoms with E-state index < -0.39 is 0 Å². The number of hydrogen-bond donors (Lipinski definition) is 0. The number of likely N-dealkylation sites (tertiary alicyclic amines) is 1. The van der Waals surface area contributed by atoms with Gasteiger partial charge in [0, 0.05) is 39.3 Å². The molecule has 4 heteroatoms. The van der Waals surface area contributed by atoms with Gasteiger partial charge in [-0.25, -0.2) is 0 Å². The third-order valence-electron chi connectivity index (χ3n) is 3.64. The lowest BCUT2D eigenvalue weighted by atomic mass is 10.1. The number of alkyl halides is 1. The van der Waals surface area contributed by atoms with Crippen molar-refractivity contribution in [2.75, 3.05) is 57.4 Å². The summed E-state index contributed by atoms with van der Waals surface area (Å²) in [5, 5.41) is 0. The summed E-state index contributed by atoms with van der Waals surface area (Å²) in [5.41, 5.74) is 0. The Bertz CT molecular complexity index is 192. The Balaban J connectivity index is 1.68. The van der Waals surface area contributed by atoms with E-state index in [2.05, 4.69) is 44.3 Å². The third kappa shape index (κ3) is 3.54. The molecule has 0 aliphatic carbocycles. The van der Waals surface area contributed by atoms with E-state index in [1.54, 1.807) is 0 Å². The van der Waals surface area contributed by atoms with E-state index in [1.807, 2.05) is 0 Å². The molecule has 2 saturated heterocycles. The average Bonchev–Trinajstić information content (AvgIpc) is 2.65. The highest BCUT2D eigenvalue weighted by molar-refractivity contribution is 14.1. The number of piperazine rings is 1. The molecule has 0 amide bonds. The van der Waals surface area contributed by atoms with Crippen molar-refractivity contribution in [3.05, 3.63) is 0 Å². The highest BCUT2D eigenvalue weighted by atomic mass is 127. The predicted octanol–water partition coefficient (Wildman–Crippen LogP) is 0.948. The molecule has 0 saturated carbocycles. The van der Waals surface area contributed by atoms with E-state index in [1.165, 1.54) is 56.8 Å². The summed E-state index contributed by atoms with van der Waals surface area (Å²) in [6, 6.07) is 0. The molecular formula is C11H22IN3. The SMILES string of the molecule is CN1CCC(CN2CCN(CI)CC2)C1. The fourth-order valence-corrected chi connectivity index (χ4v) is 3.31. The van der Waals surface area contributed by atoms with Crippen molar-refractivity contribution in [3.63, 3.8) is 0 Å². The molecule has 0 aromatic heterocycles. The Morgan fingerprint density at radius 2 is 1.73 bits per heavy atom. The first-order valence-electron chi connectivity index (χ1n) is 5.97. The van der Waals surface area contributed by atoms with Crippen molar-refractivity contribution >= 4 is 22.6 Å². The van der Waals surface area contributed by atoms with Crippen LogP contribution in [0.1, 0.15) is 6.42 Å². The van der Waals surface area contributed by atoms with E-state index in [0.29, 0.717) is 0 Å². The van der Waals surface area contributed by atoms with Crippen LogP contribution in [0.2, 0.25) is 0 Å². The fourth-order valence-electron chi connectivity index (χ4n) is 2.63. The van der Waals surface area contributed by atoms with E-state index in [4.69, 9.17) is 0 Å². The molecule has 0 spiro atoms. The van der Waals surface area contributed by atoms with E-state index in [-0.39, 0.29) is 0 Å². The second-order valence-electron chi connectivity index (χ2n) is 4.96. The Hall–Kier alpha value is 0.610. The van der Waals surface area contributed by atoms with Crippen LogP contribution in [-0.2, 0) is 0 Å². The van der Waals surface area contributed by atoms with Crippen LogP contribution < -0.4 is 0 Å². The molecule has 0 radical (unpaired) electrons. The van der Waals surface area contributed by atoms with Gasteiger partial charge in [-0.05, 0) is 25.9 Å². The summed E-state index contributed by atoms with van der Waals surface area (Å²) in [7, 11) is 2.24. The Morgan fingerprint density at radius 3 is 2.27 bits per heavy atom. The number of hydrogen-bond acceptors (Lipinski definition) is 3. The van der Waals surface area contributed by atoms with Gasteiger partial charge in [-0.1, -0.05) is 22.6 Å². The first-order chi connectivity index (χ1) is 7.28. The molecule has 2 aliphatic rings. The van der Waals surface area contributed by atoms with Gasteiger partial charge in [0.15, 0.2) is 0 Å².